The molecule has 1 saturated heterocycles. The average Bonchev–Trinajstić information content (AvgIpc) is 2.87. The molecule has 0 N–H and O–H groups in total. The number of likely N-dealkylation sites (tertiary alicyclic amines) is 1. The zero-order chi connectivity index (χ0) is 15.7. The average molecular weight is 318 g/mol. The van der Waals surface area contributed by atoms with Crippen LogP contribution in [0.1, 0.15) is 44.7 Å². The predicted molar refractivity (Wildman–Crippen MR) is 85.9 cm³/mol. The van der Waals surface area contributed by atoms with E-state index in [2.05, 4.69) is 11.9 Å². The Morgan fingerprint density at radius 1 is 1.27 bits per heavy atom. The van der Waals surface area contributed by atoms with E-state index in [0.29, 0.717) is 19.0 Å². The Kier molecular flexibility index (Phi) is 4.25. The first-order chi connectivity index (χ1) is 10.6. The molecule has 1 fully saturated rings. The Morgan fingerprint density at radius 3 is 2.55 bits per heavy atom. The number of piperidine rings is 1. The molecule has 0 radical (unpaired) electrons. The van der Waals surface area contributed by atoms with Gasteiger partial charge in [-0.25, -0.2) is 9.37 Å². The molecule has 22 heavy (non-hydrogen) atoms. The van der Waals surface area contributed by atoms with E-state index in [0.717, 1.165) is 18.5 Å². The summed E-state index contributed by atoms with van der Waals surface area (Å²) in [5, 5.41) is 1.17. The molecule has 0 unspecified atom stereocenters. The molecule has 1 aromatic carbocycles. The predicted octanol–water partition coefficient (Wildman–Crippen LogP) is 3.92. The second-order valence-corrected chi connectivity index (χ2v) is 6.97. The lowest BCUT2D eigenvalue weighted by atomic mass is 9.97. The largest absolute Gasteiger partial charge is 0.339 e. The third kappa shape index (κ3) is 2.90. The van der Waals surface area contributed by atoms with Crippen LogP contribution in [-0.2, 0) is 0 Å². The van der Waals surface area contributed by atoms with Crippen LogP contribution in [0.15, 0.2) is 24.3 Å². The number of thiazole rings is 1. The normalized spacial score (nSPS) is 16.0. The highest BCUT2D eigenvalue weighted by atomic mass is 32.1. The fraction of sp³-hybridized carbons (Fsp3) is 0.412. The van der Waals surface area contributed by atoms with Crippen molar-refractivity contribution in [3.05, 3.63) is 51.2 Å². The van der Waals surface area contributed by atoms with E-state index in [1.54, 1.807) is 34.4 Å². The second-order valence-electron chi connectivity index (χ2n) is 5.74. The van der Waals surface area contributed by atoms with E-state index >= 15 is 0 Å². The number of hydrogen-bond acceptors (Lipinski definition) is 3. The molecule has 2 heterocycles. The molecule has 1 aliphatic rings. The van der Waals surface area contributed by atoms with Gasteiger partial charge in [0.05, 0.1) is 16.3 Å². The molecule has 0 bridgehead atoms. The minimum absolute atomic E-state index is 0.168. The maximum atomic E-state index is 13.7. The van der Waals surface area contributed by atoms with Gasteiger partial charge < -0.3 is 4.90 Å². The van der Waals surface area contributed by atoms with E-state index in [9.17, 15) is 9.18 Å². The lowest BCUT2D eigenvalue weighted by molar-refractivity contribution is 0.0708. The van der Waals surface area contributed by atoms with Crippen LogP contribution in [0.3, 0.4) is 0 Å². The Morgan fingerprint density at radius 2 is 1.95 bits per heavy atom. The summed E-state index contributed by atoms with van der Waals surface area (Å²) in [5.41, 5.74) is 1.27. The van der Waals surface area contributed by atoms with Gasteiger partial charge in [0.25, 0.3) is 5.91 Å². The van der Waals surface area contributed by atoms with Crippen molar-refractivity contribution in [2.45, 2.75) is 32.6 Å². The SMILES string of the molecule is Cc1nc(C2CCN(C(=O)c3ccccc3F)CC2)sc1C. The highest BCUT2D eigenvalue weighted by molar-refractivity contribution is 7.11. The molecule has 0 saturated carbocycles. The van der Waals surface area contributed by atoms with Crippen LogP contribution in [-0.4, -0.2) is 28.9 Å². The molecule has 5 heteroatoms. The monoisotopic (exact) mass is 318 g/mol. The molecular formula is C17H19FN2OS. The number of hydrogen-bond donors (Lipinski definition) is 0. The van der Waals surface area contributed by atoms with Gasteiger partial charge in [0.15, 0.2) is 0 Å². The number of amides is 1. The number of rotatable bonds is 2. The minimum Gasteiger partial charge on any atom is -0.339 e. The van der Waals surface area contributed by atoms with Crippen molar-refractivity contribution >= 4 is 17.2 Å². The summed E-state index contributed by atoms with van der Waals surface area (Å²) in [4.78, 5) is 20.0. The minimum atomic E-state index is -0.444. The van der Waals surface area contributed by atoms with E-state index in [4.69, 9.17) is 0 Å². The molecule has 0 spiro atoms. The van der Waals surface area contributed by atoms with Crippen molar-refractivity contribution in [1.29, 1.82) is 0 Å². The van der Waals surface area contributed by atoms with Gasteiger partial charge in [-0.2, -0.15) is 0 Å². The summed E-state index contributed by atoms with van der Waals surface area (Å²) in [7, 11) is 0. The molecule has 3 rings (SSSR count). The van der Waals surface area contributed by atoms with Crippen molar-refractivity contribution in [2.24, 2.45) is 0 Å². The van der Waals surface area contributed by atoms with Crippen LogP contribution in [0.4, 0.5) is 4.39 Å². The van der Waals surface area contributed by atoms with Crippen LogP contribution in [0.25, 0.3) is 0 Å². The number of aryl methyl sites for hydroxylation is 2. The topological polar surface area (TPSA) is 33.2 Å². The van der Waals surface area contributed by atoms with Gasteiger partial charge in [-0.1, -0.05) is 12.1 Å². The number of halogens is 1. The summed E-state index contributed by atoms with van der Waals surface area (Å²) in [6, 6.07) is 6.19. The summed E-state index contributed by atoms with van der Waals surface area (Å²) in [6.45, 7) is 5.45. The highest BCUT2D eigenvalue weighted by Gasteiger charge is 2.27. The van der Waals surface area contributed by atoms with Crippen molar-refractivity contribution in [3.63, 3.8) is 0 Å². The number of benzene rings is 1. The lowest BCUT2D eigenvalue weighted by Gasteiger charge is -2.31. The van der Waals surface area contributed by atoms with Gasteiger partial charge in [0.2, 0.25) is 0 Å². The third-order valence-electron chi connectivity index (χ3n) is 4.28. The van der Waals surface area contributed by atoms with E-state index < -0.39 is 5.82 Å². The first-order valence-corrected chi connectivity index (χ1v) is 8.35. The Hall–Kier alpha value is -1.75. The fourth-order valence-corrected chi connectivity index (χ4v) is 3.90. The third-order valence-corrected chi connectivity index (χ3v) is 5.52. The molecule has 1 amide bonds. The standard InChI is InChI=1S/C17H19FN2OS/c1-11-12(2)22-16(19-11)13-7-9-20(10-8-13)17(21)14-5-3-4-6-15(14)18/h3-6,13H,7-10H2,1-2H3. The van der Waals surface area contributed by atoms with Gasteiger partial charge >= 0.3 is 0 Å². The first kappa shape index (κ1) is 15.2. The van der Waals surface area contributed by atoms with Crippen LogP contribution in [0.2, 0.25) is 0 Å². The Labute approximate surface area is 133 Å². The van der Waals surface area contributed by atoms with Crippen molar-refractivity contribution in [2.75, 3.05) is 13.1 Å². The number of aromatic nitrogens is 1. The van der Waals surface area contributed by atoms with Crippen LogP contribution in [0.5, 0.6) is 0 Å². The van der Waals surface area contributed by atoms with E-state index in [-0.39, 0.29) is 11.5 Å². The lowest BCUT2D eigenvalue weighted by Crippen LogP contribution is -2.38. The van der Waals surface area contributed by atoms with Crippen molar-refractivity contribution < 1.29 is 9.18 Å². The van der Waals surface area contributed by atoms with Gasteiger partial charge in [-0.15, -0.1) is 11.3 Å². The van der Waals surface area contributed by atoms with Gasteiger partial charge in [0, 0.05) is 23.9 Å². The van der Waals surface area contributed by atoms with E-state index in [1.165, 1.54) is 16.0 Å². The quantitative estimate of drug-likeness (QED) is 0.841. The van der Waals surface area contributed by atoms with Crippen molar-refractivity contribution in [3.8, 4) is 0 Å². The first-order valence-electron chi connectivity index (χ1n) is 7.54. The molecule has 1 aliphatic heterocycles. The van der Waals surface area contributed by atoms with Gasteiger partial charge in [0.1, 0.15) is 5.82 Å². The van der Waals surface area contributed by atoms with Gasteiger partial charge in [-0.3, -0.25) is 4.79 Å². The summed E-state index contributed by atoms with van der Waals surface area (Å²) < 4.78 is 13.7. The van der Waals surface area contributed by atoms with Crippen LogP contribution in [0, 0.1) is 19.7 Å². The number of carbonyl (C=O) groups is 1. The molecule has 3 nitrogen and oxygen atoms in total. The molecule has 116 valence electrons. The van der Waals surface area contributed by atoms with Gasteiger partial charge in [-0.05, 0) is 38.8 Å². The molecule has 0 atom stereocenters. The summed E-state index contributed by atoms with van der Waals surface area (Å²) >= 11 is 1.75. The van der Waals surface area contributed by atoms with Crippen LogP contribution < -0.4 is 0 Å². The number of nitrogens with zero attached hydrogens (tertiary/aromatic N) is 2. The smallest absolute Gasteiger partial charge is 0.256 e. The maximum absolute atomic E-state index is 13.7. The molecular weight excluding hydrogens is 299 g/mol. The second kappa shape index (κ2) is 6.16. The molecule has 2 aromatic rings. The fourth-order valence-electron chi connectivity index (χ4n) is 2.81. The van der Waals surface area contributed by atoms with E-state index in [1.807, 2.05) is 6.92 Å². The number of carbonyl (C=O) groups excluding carboxylic acids is 1. The Balaban J connectivity index is 1.67. The Bertz CT molecular complexity index is 670. The van der Waals surface area contributed by atoms with Crippen molar-refractivity contribution in [1.82, 2.24) is 9.88 Å². The summed E-state index contributed by atoms with van der Waals surface area (Å²) in [5.74, 6) is -0.231. The maximum Gasteiger partial charge on any atom is 0.256 e. The highest BCUT2D eigenvalue weighted by Crippen LogP contribution is 2.32. The molecule has 1 aromatic heterocycles. The zero-order valence-electron chi connectivity index (χ0n) is 12.8. The molecule has 0 aliphatic carbocycles. The summed E-state index contributed by atoms with van der Waals surface area (Å²) in [6.07, 6.45) is 1.79. The van der Waals surface area contributed by atoms with Crippen LogP contribution >= 0.6 is 11.3 Å². The zero-order valence-corrected chi connectivity index (χ0v) is 13.6.